The van der Waals surface area contributed by atoms with Crippen LogP contribution in [-0.2, 0) is 19.6 Å². The Morgan fingerprint density at radius 2 is 1.83 bits per heavy atom. The molecule has 5 nitrogen and oxygen atoms in total. The molecule has 1 aliphatic rings. The van der Waals surface area contributed by atoms with Crippen LogP contribution in [0.1, 0.15) is 41.1 Å². The second-order valence-electron chi connectivity index (χ2n) is 6.19. The van der Waals surface area contributed by atoms with Crippen LogP contribution in [0.5, 0.6) is 0 Å². The maximum absolute atomic E-state index is 11.8. The van der Waals surface area contributed by atoms with Gasteiger partial charge in [-0.15, -0.1) is 0 Å². The number of aromatic nitrogens is 1. The molecule has 0 spiro atoms. The summed E-state index contributed by atoms with van der Waals surface area (Å²) in [5, 5.41) is 14.7. The van der Waals surface area contributed by atoms with Gasteiger partial charge in [-0.05, 0) is 47.9 Å². The quantitative estimate of drug-likeness (QED) is 0.732. The van der Waals surface area contributed by atoms with E-state index in [0.29, 0.717) is 19.0 Å². The number of nitrogens with zero attached hydrogens (tertiary/aromatic N) is 1. The maximum atomic E-state index is 11.8. The average Bonchev–Trinajstić information content (AvgIpc) is 3.46. The summed E-state index contributed by atoms with van der Waals surface area (Å²) in [4.78, 5) is 16.2. The molecule has 2 amide bonds. The minimum Gasteiger partial charge on any atom is -0.392 e. The van der Waals surface area contributed by atoms with Crippen LogP contribution in [0.25, 0.3) is 0 Å². The molecule has 1 aromatic carbocycles. The van der Waals surface area contributed by atoms with Crippen LogP contribution >= 0.6 is 0 Å². The normalized spacial score (nSPS) is 13.5. The van der Waals surface area contributed by atoms with Gasteiger partial charge in [-0.25, -0.2) is 4.79 Å². The number of hydrogen-bond donors (Lipinski definition) is 3. The van der Waals surface area contributed by atoms with Crippen LogP contribution in [0.2, 0.25) is 0 Å². The van der Waals surface area contributed by atoms with E-state index < -0.39 is 0 Å². The van der Waals surface area contributed by atoms with Crippen LogP contribution in [0.15, 0.2) is 42.6 Å². The molecule has 0 saturated heterocycles. The molecule has 0 unspecified atom stereocenters. The molecule has 1 saturated carbocycles. The molecule has 3 N–H and O–H groups in total. The van der Waals surface area contributed by atoms with Gasteiger partial charge in [-0.3, -0.25) is 4.98 Å². The first-order chi connectivity index (χ1) is 11.7. The molecular weight excluding hydrogens is 302 g/mol. The Labute approximate surface area is 142 Å². The predicted octanol–water partition coefficient (Wildman–Crippen LogP) is 2.49. The molecule has 0 atom stereocenters. The molecule has 2 aromatic rings. The number of amides is 2. The lowest BCUT2D eigenvalue weighted by atomic mass is 10.1. The third-order valence-electron chi connectivity index (χ3n) is 4.23. The Bertz CT molecular complexity index is 664. The fourth-order valence-corrected chi connectivity index (χ4v) is 2.56. The minimum atomic E-state index is -0.185. The first-order valence-electron chi connectivity index (χ1n) is 8.40. The lowest BCUT2D eigenvalue weighted by Gasteiger charge is -2.08. The minimum absolute atomic E-state index is 0.0522. The van der Waals surface area contributed by atoms with E-state index in [9.17, 15) is 4.79 Å². The van der Waals surface area contributed by atoms with Crippen molar-refractivity contribution in [1.82, 2.24) is 15.6 Å². The highest BCUT2D eigenvalue weighted by molar-refractivity contribution is 5.73. The number of aliphatic hydroxyl groups excluding tert-OH is 1. The Kier molecular flexibility index (Phi) is 5.43. The molecule has 1 aromatic heterocycles. The van der Waals surface area contributed by atoms with Gasteiger partial charge >= 0.3 is 6.03 Å². The largest absolute Gasteiger partial charge is 0.392 e. The summed E-state index contributed by atoms with van der Waals surface area (Å²) in [6, 6.07) is 11.6. The molecule has 5 heteroatoms. The number of carbonyl (C=O) groups is 1. The summed E-state index contributed by atoms with van der Waals surface area (Å²) in [7, 11) is 0. The number of aliphatic hydroxyl groups is 1. The number of nitrogens with one attached hydrogen (secondary N) is 2. The maximum Gasteiger partial charge on any atom is 0.315 e. The molecule has 0 radical (unpaired) electrons. The van der Waals surface area contributed by atoms with Gasteiger partial charge in [0.25, 0.3) is 0 Å². The third-order valence-corrected chi connectivity index (χ3v) is 4.23. The van der Waals surface area contributed by atoms with Crippen molar-refractivity contribution in [2.45, 2.75) is 38.3 Å². The highest BCUT2D eigenvalue weighted by Crippen LogP contribution is 2.39. The summed E-state index contributed by atoms with van der Waals surface area (Å²) in [6.07, 6.45) is 5.21. The van der Waals surface area contributed by atoms with Crippen molar-refractivity contribution >= 4 is 6.03 Å². The van der Waals surface area contributed by atoms with Crippen molar-refractivity contribution < 1.29 is 9.90 Å². The van der Waals surface area contributed by atoms with Gasteiger partial charge < -0.3 is 15.7 Å². The van der Waals surface area contributed by atoms with Crippen molar-refractivity contribution in [2.75, 3.05) is 6.54 Å². The first-order valence-corrected chi connectivity index (χ1v) is 8.40. The Balaban J connectivity index is 1.35. The highest BCUT2D eigenvalue weighted by atomic mass is 16.3. The van der Waals surface area contributed by atoms with Crippen LogP contribution < -0.4 is 10.6 Å². The van der Waals surface area contributed by atoms with Crippen molar-refractivity contribution in [3.63, 3.8) is 0 Å². The SMILES string of the molecule is O=C(NCCc1ccc(CO)cc1)NCc1ccc(C2CC2)cn1. The topological polar surface area (TPSA) is 74.2 Å². The lowest BCUT2D eigenvalue weighted by Crippen LogP contribution is -2.36. The van der Waals surface area contributed by atoms with E-state index in [1.54, 1.807) is 0 Å². The number of urea groups is 1. The van der Waals surface area contributed by atoms with E-state index in [2.05, 4.69) is 21.7 Å². The van der Waals surface area contributed by atoms with Crippen molar-refractivity contribution in [1.29, 1.82) is 0 Å². The van der Waals surface area contributed by atoms with Gasteiger partial charge in [-0.2, -0.15) is 0 Å². The van der Waals surface area contributed by atoms with E-state index in [0.717, 1.165) is 23.2 Å². The van der Waals surface area contributed by atoms with Crippen LogP contribution in [0.3, 0.4) is 0 Å². The molecule has 0 bridgehead atoms. The predicted molar refractivity (Wildman–Crippen MR) is 92.5 cm³/mol. The number of rotatable bonds is 7. The summed E-state index contributed by atoms with van der Waals surface area (Å²) < 4.78 is 0. The third kappa shape index (κ3) is 4.80. The smallest absolute Gasteiger partial charge is 0.315 e. The van der Waals surface area contributed by atoms with Crippen LogP contribution in [0, 0.1) is 0 Å². The van der Waals surface area contributed by atoms with E-state index in [1.807, 2.05) is 36.5 Å². The van der Waals surface area contributed by atoms with Gasteiger partial charge in [0.15, 0.2) is 0 Å². The molecule has 1 heterocycles. The molecular formula is C19H23N3O2. The summed E-state index contributed by atoms with van der Waals surface area (Å²) in [5.74, 6) is 0.703. The number of pyridine rings is 1. The van der Waals surface area contributed by atoms with E-state index in [-0.39, 0.29) is 12.6 Å². The first kappa shape index (κ1) is 16.5. The summed E-state index contributed by atoms with van der Waals surface area (Å²) >= 11 is 0. The van der Waals surface area contributed by atoms with Gasteiger partial charge in [0.05, 0.1) is 18.8 Å². The van der Waals surface area contributed by atoms with Crippen LogP contribution in [-0.4, -0.2) is 22.7 Å². The Morgan fingerprint density at radius 3 is 2.46 bits per heavy atom. The number of benzene rings is 1. The van der Waals surface area contributed by atoms with Crippen molar-refractivity contribution in [2.24, 2.45) is 0 Å². The van der Waals surface area contributed by atoms with Crippen LogP contribution in [0.4, 0.5) is 4.79 Å². The average molecular weight is 325 g/mol. The second-order valence-corrected chi connectivity index (χ2v) is 6.19. The number of hydrogen-bond acceptors (Lipinski definition) is 3. The van der Waals surface area contributed by atoms with Crippen molar-refractivity contribution in [3.05, 3.63) is 65.0 Å². The molecule has 126 valence electrons. The Hall–Kier alpha value is -2.40. The molecule has 3 rings (SSSR count). The molecule has 24 heavy (non-hydrogen) atoms. The van der Waals surface area contributed by atoms with Gasteiger partial charge in [0, 0.05) is 12.7 Å². The van der Waals surface area contributed by atoms with Crippen molar-refractivity contribution in [3.8, 4) is 0 Å². The van der Waals surface area contributed by atoms with E-state index >= 15 is 0 Å². The number of carbonyl (C=O) groups excluding carboxylic acids is 1. The van der Waals surface area contributed by atoms with E-state index in [4.69, 9.17) is 5.11 Å². The van der Waals surface area contributed by atoms with Gasteiger partial charge in [0.2, 0.25) is 0 Å². The fourth-order valence-electron chi connectivity index (χ4n) is 2.56. The lowest BCUT2D eigenvalue weighted by molar-refractivity contribution is 0.240. The monoisotopic (exact) mass is 325 g/mol. The summed E-state index contributed by atoms with van der Waals surface area (Å²) in [5.41, 5.74) is 4.19. The zero-order valence-corrected chi connectivity index (χ0v) is 13.7. The highest BCUT2D eigenvalue weighted by Gasteiger charge is 2.23. The zero-order chi connectivity index (χ0) is 16.8. The van der Waals surface area contributed by atoms with Gasteiger partial charge in [0.1, 0.15) is 0 Å². The molecule has 1 aliphatic carbocycles. The second kappa shape index (κ2) is 7.93. The molecule has 1 fully saturated rings. The zero-order valence-electron chi connectivity index (χ0n) is 13.7. The fraction of sp³-hybridized carbons (Fsp3) is 0.368. The van der Waals surface area contributed by atoms with Gasteiger partial charge in [-0.1, -0.05) is 30.3 Å². The van der Waals surface area contributed by atoms with E-state index in [1.165, 1.54) is 18.4 Å². The Morgan fingerprint density at radius 1 is 1.08 bits per heavy atom. The summed E-state index contributed by atoms with van der Waals surface area (Å²) in [6.45, 7) is 1.05. The standard InChI is InChI=1S/C19H23N3O2/c23-13-15-3-1-14(2-4-15)9-10-20-19(24)22-12-18-8-7-17(11-21-18)16-5-6-16/h1-4,7-8,11,16,23H,5-6,9-10,12-13H2,(H2,20,22,24). The molecule has 0 aliphatic heterocycles.